The Labute approximate surface area is 131 Å². The maximum Gasteiger partial charge on any atom is 0.375 e. The van der Waals surface area contributed by atoms with E-state index in [9.17, 15) is 4.79 Å². The van der Waals surface area contributed by atoms with Crippen molar-refractivity contribution in [1.29, 1.82) is 0 Å². The molecule has 1 fully saturated rings. The molecule has 1 aliphatic carbocycles. The second kappa shape index (κ2) is 4.86. The third-order valence-electron chi connectivity index (χ3n) is 2.90. The molecule has 1 saturated carbocycles. The molecule has 7 heteroatoms. The average molecular weight is 434 g/mol. The fourth-order valence-electron chi connectivity index (χ4n) is 1.85. The molecule has 98 valence electrons. The first-order chi connectivity index (χ1) is 9.06. The third-order valence-corrected chi connectivity index (χ3v) is 4.31. The van der Waals surface area contributed by atoms with Crippen LogP contribution in [0.1, 0.15) is 35.2 Å². The largest absolute Gasteiger partial charge is 0.475 e. The lowest BCUT2D eigenvalue weighted by atomic mass is 10.3. The van der Waals surface area contributed by atoms with Crippen molar-refractivity contribution in [2.24, 2.45) is 0 Å². The van der Waals surface area contributed by atoms with Crippen molar-refractivity contribution in [1.82, 2.24) is 14.8 Å². The van der Waals surface area contributed by atoms with Crippen LogP contribution in [-0.2, 0) is 0 Å². The molecule has 1 aromatic heterocycles. The van der Waals surface area contributed by atoms with E-state index < -0.39 is 5.97 Å². The van der Waals surface area contributed by atoms with Crippen LogP contribution in [0, 0.1) is 3.57 Å². The number of benzene rings is 1. The number of carbonyl (C=O) groups is 1. The molecule has 0 saturated heterocycles. The Morgan fingerprint density at radius 3 is 2.84 bits per heavy atom. The number of carboxylic acids is 1. The fourth-order valence-corrected chi connectivity index (χ4v) is 2.76. The number of aromatic carboxylic acids is 1. The monoisotopic (exact) mass is 433 g/mol. The van der Waals surface area contributed by atoms with Gasteiger partial charge in [-0.1, -0.05) is 15.9 Å². The van der Waals surface area contributed by atoms with Crippen LogP contribution in [0.5, 0.6) is 0 Å². The van der Waals surface area contributed by atoms with Crippen LogP contribution in [0.15, 0.2) is 22.7 Å². The molecule has 0 radical (unpaired) electrons. The highest BCUT2D eigenvalue weighted by molar-refractivity contribution is 14.1. The van der Waals surface area contributed by atoms with Gasteiger partial charge in [-0.2, -0.15) is 0 Å². The minimum atomic E-state index is -1.09. The van der Waals surface area contributed by atoms with Gasteiger partial charge in [0.2, 0.25) is 0 Å². The van der Waals surface area contributed by atoms with Gasteiger partial charge in [-0.3, -0.25) is 0 Å². The predicted octanol–water partition coefficient (Wildman–Crippen LogP) is 3.21. The topological polar surface area (TPSA) is 68.0 Å². The Morgan fingerprint density at radius 1 is 1.47 bits per heavy atom. The summed E-state index contributed by atoms with van der Waals surface area (Å²) in [5, 5.41) is 13.2. The molecule has 0 unspecified atom stereocenters. The summed E-state index contributed by atoms with van der Waals surface area (Å²) in [5.74, 6) is -0.160. The molecule has 5 nitrogen and oxygen atoms in total. The minimum absolute atomic E-state index is 0.141. The molecule has 2 aromatic rings. The summed E-state index contributed by atoms with van der Waals surface area (Å²) in [6, 6.07) is 5.82. The quantitative estimate of drug-likeness (QED) is 0.754. The van der Waals surface area contributed by atoms with Crippen molar-refractivity contribution >= 4 is 44.5 Å². The highest BCUT2D eigenvalue weighted by Gasteiger charge is 2.31. The summed E-state index contributed by atoms with van der Waals surface area (Å²) in [7, 11) is 0. The Kier molecular flexibility index (Phi) is 3.34. The Morgan fingerprint density at radius 2 is 2.21 bits per heavy atom. The molecule has 1 N–H and O–H groups in total. The van der Waals surface area contributed by atoms with Crippen LogP contribution < -0.4 is 0 Å². The molecule has 0 aliphatic heterocycles. The Balaban J connectivity index is 2.17. The van der Waals surface area contributed by atoms with Crippen LogP contribution in [0.2, 0.25) is 0 Å². The minimum Gasteiger partial charge on any atom is -0.475 e. The van der Waals surface area contributed by atoms with Gasteiger partial charge in [0.25, 0.3) is 5.82 Å². The first kappa shape index (κ1) is 13.0. The van der Waals surface area contributed by atoms with Crippen LogP contribution in [0.3, 0.4) is 0 Å². The molecule has 3 rings (SSSR count). The molecule has 1 aromatic carbocycles. The summed E-state index contributed by atoms with van der Waals surface area (Å²) in [6.45, 7) is 0. The summed E-state index contributed by atoms with van der Waals surface area (Å²) < 4.78 is 3.59. The summed E-state index contributed by atoms with van der Waals surface area (Å²) >= 11 is 5.64. The first-order valence-corrected chi connectivity index (χ1v) is 7.59. The van der Waals surface area contributed by atoms with Crippen molar-refractivity contribution in [2.45, 2.75) is 18.8 Å². The second-order valence-corrected chi connectivity index (χ2v) is 6.46. The summed E-state index contributed by atoms with van der Waals surface area (Å²) in [6.07, 6.45) is 2.09. The van der Waals surface area contributed by atoms with Gasteiger partial charge < -0.3 is 5.11 Å². The van der Waals surface area contributed by atoms with E-state index in [0.717, 1.165) is 32.4 Å². The van der Waals surface area contributed by atoms with Crippen molar-refractivity contribution in [3.05, 3.63) is 37.9 Å². The van der Waals surface area contributed by atoms with Gasteiger partial charge in [0.05, 0.1) is 5.69 Å². The molecule has 19 heavy (non-hydrogen) atoms. The van der Waals surface area contributed by atoms with E-state index in [4.69, 9.17) is 5.11 Å². The Hall–Kier alpha value is -0.960. The normalized spacial score (nSPS) is 14.6. The summed E-state index contributed by atoms with van der Waals surface area (Å²) in [4.78, 5) is 15.2. The van der Waals surface area contributed by atoms with Gasteiger partial charge in [-0.15, -0.1) is 5.10 Å². The lowest BCUT2D eigenvalue weighted by molar-refractivity contribution is 0.0683. The van der Waals surface area contributed by atoms with Gasteiger partial charge in [0.15, 0.2) is 0 Å². The van der Waals surface area contributed by atoms with E-state index in [1.807, 2.05) is 18.2 Å². The molecule has 0 bridgehead atoms. The van der Waals surface area contributed by atoms with E-state index in [0.29, 0.717) is 5.92 Å². The third kappa shape index (κ3) is 2.53. The fraction of sp³-hybridized carbons (Fsp3) is 0.250. The molecular formula is C12H9BrIN3O2. The number of hydrogen-bond donors (Lipinski definition) is 1. The van der Waals surface area contributed by atoms with E-state index in [1.165, 1.54) is 0 Å². The van der Waals surface area contributed by atoms with Crippen LogP contribution >= 0.6 is 38.5 Å². The highest BCUT2D eigenvalue weighted by Crippen LogP contribution is 2.40. The number of hydrogen-bond acceptors (Lipinski definition) is 3. The van der Waals surface area contributed by atoms with Gasteiger partial charge in [0, 0.05) is 14.0 Å². The molecule has 0 amide bonds. The van der Waals surface area contributed by atoms with E-state index in [-0.39, 0.29) is 5.82 Å². The van der Waals surface area contributed by atoms with Crippen molar-refractivity contribution in [3.8, 4) is 5.69 Å². The Bertz CT molecular complexity index is 667. The highest BCUT2D eigenvalue weighted by atomic mass is 127. The van der Waals surface area contributed by atoms with E-state index in [2.05, 4.69) is 48.6 Å². The van der Waals surface area contributed by atoms with Gasteiger partial charge in [-0.25, -0.2) is 14.5 Å². The maximum absolute atomic E-state index is 11.0. The van der Waals surface area contributed by atoms with Gasteiger partial charge >= 0.3 is 5.97 Å². The summed E-state index contributed by atoms with van der Waals surface area (Å²) in [5.41, 5.74) is 0.858. The number of halogens is 2. The lowest BCUT2D eigenvalue weighted by Crippen LogP contribution is -2.05. The average Bonchev–Trinajstić information content (AvgIpc) is 3.11. The maximum atomic E-state index is 11.0. The zero-order valence-electron chi connectivity index (χ0n) is 9.68. The smallest absolute Gasteiger partial charge is 0.375 e. The predicted molar refractivity (Wildman–Crippen MR) is 80.7 cm³/mol. The van der Waals surface area contributed by atoms with Crippen molar-refractivity contribution in [3.63, 3.8) is 0 Å². The number of carboxylic acid groups (broad SMARTS) is 1. The van der Waals surface area contributed by atoms with Crippen LogP contribution in [-0.4, -0.2) is 25.8 Å². The van der Waals surface area contributed by atoms with Crippen molar-refractivity contribution in [2.75, 3.05) is 0 Å². The number of rotatable bonds is 3. The number of aromatic nitrogens is 3. The van der Waals surface area contributed by atoms with Gasteiger partial charge in [-0.05, 0) is 53.6 Å². The molecule has 1 heterocycles. The van der Waals surface area contributed by atoms with Crippen LogP contribution in [0.25, 0.3) is 5.69 Å². The molecule has 0 atom stereocenters. The zero-order valence-corrected chi connectivity index (χ0v) is 13.4. The molecular weight excluding hydrogens is 425 g/mol. The van der Waals surface area contributed by atoms with E-state index in [1.54, 1.807) is 4.68 Å². The zero-order chi connectivity index (χ0) is 13.6. The molecule has 1 aliphatic rings. The first-order valence-electron chi connectivity index (χ1n) is 5.72. The van der Waals surface area contributed by atoms with Gasteiger partial charge in [0.1, 0.15) is 5.82 Å². The van der Waals surface area contributed by atoms with Crippen molar-refractivity contribution < 1.29 is 9.90 Å². The molecule has 0 spiro atoms. The number of nitrogens with zero attached hydrogens (tertiary/aromatic N) is 3. The second-order valence-electron chi connectivity index (χ2n) is 4.38. The standard InChI is InChI=1S/C12H9BrIN3O2/c13-7-3-4-8(14)9(5-7)17-11(6-1-2-6)15-10(16-17)12(18)19/h3-6H,1-2H2,(H,18,19). The lowest BCUT2D eigenvalue weighted by Gasteiger charge is -2.07. The van der Waals surface area contributed by atoms with E-state index >= 15 is 0 Å². The van der Waals surface area contributed by atoms with Crippen LogP contribution in [0.4, 0.5) is 0 Å². The SMILES string of the molecule is O=C(O)c1nc(C2CC2)n(-c2cc(Br)ccc2I)n1.